The molecule has 1 aromatic rings. The molecule has 3 fully saturated rings. The topological polar surface area (TPSA) is 167 Å². The largest absolute Gasteiger partial charge is 0.456 e. The number of fused-ring (bicyclic) bond motifs is 3. The molecule has 1 aromatic carbocycles. The Morgan fingerprint density at radius 1 is 0.906 bits per heavy atom. The van der Waals surface area contributed by atoms with E-state index in [1.165, 1.54) is 19.1 Å². The van der Waals surface area contributed by atoms with Crippen LogP contribution in [0.5, 0.6) is 0 Å². The zero-order valence-corrected chi connectivity index (χ0v) is 39.5. The summed E-state index contributed by atoms with van der Waals surface area (Å²) in [6.07, 6.45) is 7.23. The first kappa shape index (κ1) is 51.1. The fourth-order valence-corrected chi connectivity index (χ4v) is 10.2. The molecule has 2 N–H and O–H groups in total. The van der Waals surface area contributed by atoms with E-state index in [0.717, 1.165) is 17.6 Å². The van der Waals surface area contributed by atoms with Gasteiger partial charge in [0.25, 0.3) is 11.7 Å². The average molecular weight is 892 g/mol. The smallest absolute Gasteiger partial charge is 0.329 e. The summed E-state index contributed by atoms with van der Waals surface area (Å²) in [6.45, 7) is 11.3. The number of esters is 1. The van der Waals surface area contributed by atoms with Gasteiger partial charge in [0.05, 0.1) is 24.4 Å². The van der Waals surface area contributed by atoms with Crippen LogP contribution in [0.4, 0.5) is 0 Å². The van der Waals surface area contributed by atoms with Crippen molar-refractivity contribution in [3.05, 3.63) is 59.2 Å². The maximum atomic E-state index is 14.5. The average Bonchev–Trinajstić information content (AvgIpc) is 3.29. The van der Waals surface area contributed by atoms with Crippen molar-refractivity contribution >= 4 is 23.4 Å². The predicted octanol–water partition coefficient (Wildman–Crippen LogP) is 6.51. The molecule has 64 heavy (non-hydrogen) atoms. The highest BCUT2D eigenvalue weighted by Gasteiger charge is 2.56. The molecule has 13 heteroatoms. The molecule has 0 unspecified atom stereocenters. The van der Waals surface area contributed by atoms with Crippen LogP contribution in [-0.2, 0) is 47.6 Å². The van der Waals surface area contributed by atoms with Gasteiger partial charge in [0.2, 0.25) is 5.79 Å². The lowest BCUT2D eigenvalue weighted by Crippen LogP contribution is -2.64. The Hall–Kier alpha value is -3.90. The van der Waals surface area contributed by atoms with Crippen LogP contribution >= 0.6 is 0 Å². The van der Waals surface area contributed by atoms with Crippen molar-refractivity contribution in [1.29, 1.82) is 0 Å². The van der Waals surface area contributed by atoms with E-state index in [0.29, 0.717) is 50.5 Å². The molecule has 0 radical (unpaired) electrons. The third kappa shape index (κ3) is 12.5. The standard InChI is InChI=1S/C51H73NO12/c1-10-38-25-31(2)24-32(3)26-44(60-8)47-45(61-9)28-34(5)51(58,64-47)48(55)49(56)52-22-15-14-18-39(52)50(57)63-46(35(6)40(53)30-41(38)54)33(4)27-37-19-20-42(43(29-37)59-7)62-23-21-36-16-12-11-13-17-36/h11-13,16-17,25,27,32,34-35,37-40,42-47,53,58H,10,14-15,18-20,22,24,26,28-30H2,1-9H3/b31-25+,33-27+/t32-,34+,35+,37-,38+,39-,40-,42+,43+,44-,45-,46+,47+,51+/m0/s1. The van der Waals surface area contributed by atoms with Gasteiger partial charge in [-0.25, -0.2) is 4.79 Å². The SMILES string of the molecule is CC[C@@H]1/C=C(\C)C[C@H](C)C[C@H](OC)[C@H]2O[C@@](O)(C(=O)C(=O)N3CCCC[C@H]3C(=O)O[C@H](/C(C)=C/[C@@H]3CC[C@@H](OC#Cc4ccccc4)[C@H](OC)C3)[C@H](C)[C@@H](O)CC1=O)[C@H](C)C[C@@H]2OC. The molecular formula is C51H73NO12. The van der Waals surface area contributed by atoms with E-state index in [2.05, 4.69) is 19.0 Å². The molecule has 0 aromatic heterocycles. The molecule has 1 aliphatic carbocycles. The summed E-state index contributed by atoms with van der Waals surface area (Å²) in [5.41, 5.74) is 2.52. The number of benzene rings is 1. The van der Waals surface area contributed by atoms with Gasteiger partial charge in [0, 0.05) is 57.6 Å². The number of carbonyl (C=O) groups excluding carboxylic acids is 4. The molecule has 2 saturated heterocycles. The second-order valence-corrected chi connectivity index (χ2v) is 18.8. The van der Waals surface area contributed by atoms with E-state index in [4.69, 9.17) is 28.4 Å². The number of ketones is 2. The number of allylic oxidation sites excluding steroid dienone is 3. The number of rotatable bonds is 7. The van der Waals surface area contributed by atoms with Gasteiger partial charge in [-0.3, -0.25) is 14.4 Å². The van der Waals surface area contributed by atoms with E-state index < -0.39 is 77.8 Å². The summed E-state index contributed by atoms with van der Waals surface area (Å²) < 4.78 is 36.3. The number of aliphatic hydroxyl groups excluding tert-OH is 1. The Morgan fingerprint density at radius 2 is 1.59 bits per heavy atom. The van der Waals surface area contributed by atoms with Gasteiger partial charge in [0.1, 0.15) is 36.2 Å². The van der Waals surface area contributed by atoms with Crippen LogP contribution in [0.25, 0.3) is 0 Å². The number of carbonyl (C=O) groups is 4. The van der Waals surface area contributed by atoms with Crippen LogP contribution in [0.1, 0.15) is 118 Å². The maximum Gasteiger partial charge on any atom is 0.329 e. The number of piperidine rings is 1. The summed E-state index contributed by atoms with van der Waals surface area (Å²) in [6, 6.07) is 8.45. The predicted molar refractivity (Wildman–Crippen MR) is 240 cm³/mol. The lowest BCUT2D eigenvalue weighted by molar-refractivity contribution is -0.302. The first-order valence-electron chi connectivity index (χ1n) is 23.4. The molecule has 5 rings (SSSR count). The maximum absolute atomic E-state index is 14.5. The molecule has 13 nitrogen and oxygen atoms in total. The summed E-state index contributed by atoms with van der Waals surface area (Å²) in [4.78, 5) is 58.3. The minimum absolute atomic E-state index is 0.00418. The van der Waals surface area contributed by atoms with E-state index in [-0.39, 0.29) is 55.6 Å². The zero-order chi connectivity index (χ0) is 46.7. The lowest BCUT2D eigenvalue weighted by Gasteiger charge is -2.47. The van der Waals surface area contributed by atoms with E-state index in [1.807, 2.05) is 63.3 Å². The Balaban J connectivity index is 1.47. The number of hydrogen-bond donors (Lipinski definition) is 2. The molecule has 0 spiro atoms. The molecule has 3 heterocycles. The van der Waals surface area contributed by atoms with E-state index >= 15 is 0 Å². The minimum atomic E-state index is -2.51. The quantitative estimate of drug-likeness (QED) is 0.132. The van der Waals surface area contributed by atoms with Crippen LogP contribution in [0, 0.1) is 41.6 Å². The first-order chi connectivity index (χ1) is 30.5. The Labute approximate surface area is 380 Å². The van der Waals surface area contributed by atoms with Crippen molar-refractivity contribution in [1.82, 2.24) is 4.90 Å². The number of aliphatic hydroxyl groups is 2. The number of ether oxygens (including phenoxy) is 6. The molecule has 2 bridgehead atoms. The van der Waals surface area contributed by atoms with E-state index in [1.54, 1.807) is 21.0 Å². The molecule has 3 aliphatic heterocycles. The van der Waals surface area contributed by atoms with Crippen LogP contribution in [0.15, 0.2) is 53.6 Å². The summed E-state index contributed by atoms with van der Waals surface area (Å²) in [5.74, 6) is -4.48. The van der Waals surface area contributed by atoms with Crippen molar-refractivity contribution < 1.29 is 57.8 Å². The van der Waals surface area contributed by atoms with Crippen molar-refractivity contribution in [2.45, 2.75) is 167 Å². The van der Waals surface area contributed by atoms with Gasteiger partial charge in [-0.15, -0.1) is 0 Å². The Kier molecular flexibility index (Phi) is 18.8. The van der Waals surface area contributed by atoms with Crippen LogP contribution in [-0.4, -0.2) is 121 Å². The number of nitrogens with zero attached hydrogens (tertiary/aromatic N) is 1. The third-order valence-corrected chi connectivity index (χ3v) is 14.0. The van der Waals surface area contributed by atoms with Gasteiger partial charge in [0.15, 0.2) is 0 Å². The number of amides is 1. The van der Waals surface area contributed by atoms with Crippen LogP contribution < -0.4 is 0 Å². The Morgan fingerprint density at radius 3 is 2.27 bits per heavy atom. The fraction of sp³-hybridized carbons (Fsp3) is 0.686. The zero-order valence-electron chi connectivity index (χ0n) is 39.5. The fourth-order valence-electron chi connectivity index (χ4n) is 10.2. The first-order valence-corrected chi connectivity index (χ1v) is 23.4. The molecular weight excluding hydrogens is 819 g/mol. The van der Waals surface area contributed by atoms with Gasteiger partial charge in [-0.1, -0.05) is 63.6 Å². The van der Waals surface area contributed by atoms with Crippen LogP contribution in [0.3, 0.4) is 0 Å². The van der Waals surface area contributed by atoms with Gasteiger partial charge >= 0.3 is 5.97 Å². The summed E-state index contributed by atoms with van der Waals surface area (Å²) in [7, 11) is 4.72. The molecule has 1 saturated carbocycles. The molecule has 14 atom stereocenters. The molecule has 354 valence electrons. The molecule has 1 amide bonds. The second-order valence-electron chi connectivity index (χ2n) is 18.8. The second kappa shape index (κ2) is 23.5. The van der Waals surface area contributed by atoms with Crippen molar-refractivity contribution in [3.8, 4) is 12.0 Å². The van der Waals surface area contributed by atoms with Crippen molar-refractivity contribution in [2.24, 2.45) is 29.6 Å². The summed E-state index contributed by atoms with van der Waals surface area (Å²) >= 11 is 0. The van der Waals surface area contributed by atoms with Gasteiger partial charge in [-0.2, -0.15) is 0 Å². The lowest BCUT2D eigenvalue weighted by atomic mass is 9.81. The Bertz CT molecular complexity index is 1870. The molecule has 4 aliphatic rings. The minimum Gasteiger partial charge on any atom is -0.456 e. The number of methoxy groups -OCH3 is 3. The highest BCUT2D eigenvalue weighted by atomic mass is 16.7. The van der Waals surface area contributed by atoms with Crippen molar-refractivity contribution in [3.63, 3.8) is 0 Å². The van der Waals surface area contributed by atoms with Crippen molar-refractivity contribution in [2.75, 3.05) is 27.9 Å². The van der Waals surface area contributed by atoms with Gasteiger partial charge < -0.3 is 43.5 Å². The van der Waals surface area contributed by atoms with E-state index in [9.17, 15) is 29.4 Å². The highest BCUT2D eigenvalue weighted by molar-refractivity contribution is 6.39. The number of Topliss-reactive ketones (excluding diaryl/α,β-unsaturated/α-hetero) is 2. The number of cyclic esters (lactones) is 1. The summed E-state index contributed by atoms with van der Waals surface area (Å²) in [5, 5.41) is 23.9. The van der Waals surface area contributed by atoms with Gasteiger partial charge in [-0.05, 0) is 114 Å². The normalized spacial score (nSPS) is 37.5. The van der Waals surface area contributed by atoms with Crippen LogP contribution in [0.2, 0.25) is 0 Å². The monoisotopic (exact) mass is 892 g/mol. The highest BCUT2D eigenvalue weighted by Crippen LogP contribution is 2.39. The third-order valence-electron chi connectivity index (χ3n) is 14.0. The number of hydrogen-bond acceptors (Lipinski definition) is 12.